The van der Waals surface area contributed by atoms with E-state index < -0.39 is 12.0 Å². The monoisotopic (exact) mass is 794 g/mol. The number of nitrogens with two attached hydrogens (primary N) is 1. The number of amides is 1. The summed E-state index contributed by atoms with van der Waals surface area (Å²) in [7, 11) is 0. The van der Waals surface area contributed by atoms with Gasteiger partial charge in [-0.3, -0.25) is 14.4 Å². The summed E-state index contributed by atoms with van der Waals surface area (Å²) in [6.07, 6.45) is 28.7. The van der Waals surface area contributed by atoms with Crippen LogP contribution in [0.15, 0.2) is 12.4 Å². The van der Waals surface area contributed by atoms with Crippen molar-refractivity contribution in [3.05, 3.63) is 12.4 Å². The van der Waals surface area contributed by atoms with Gasteiger partial charge in [0.05, 0.1) is 37.5 Å². The van der Waals surface area contributed by atoms with Gasteiger partial charge in [0.25, 0.3) is 0 Å². The Morgan fingerprint density at radius 2 is 0.857 bits per heavy atom. The van der Waals surface area contributed by atoms with E-state index in [2.05, 4.69) is 44.9 Å². The molecule has 0 aromatic carbocycles. The molecule has 1 amide bonds. The van der Waals surface area contributed by atoms with Gasteiger partial charge >= 0.3 is 17.9 Å². The predicted molar refractivity (Wildman–Crippen MR) is 230 cm³/mol. The molecule has 0 bridgehead atoms. The largest absolute Gasteiger partial charge is 0.465 e. The summed E-state index contributed by atoms with van der Waals surface area (Å²) in [5.74, 6) is -0.684. The fraction of sp³-hybridized carbons (Fsp3) is 0.870. The molecule has 0 aliphatic carbocycles. The van der Waals surface area contributed by atoms with Crippen LogP contribution in [0.25, 0.3) is 0 Å². The molecule has 0 aliphatic heterocycles. The molecular formula is C46H87N3O7. The molecule has 10 nitrogen and oxygen atoms in total. The number of unbranched alkanes of at least 4 members (excludes halogenated alkanes) is 17. The number of carbonyl (C=O) groups is 4. The minimum Gasteiger partial charge on any atom is -0.465 e. The van der Waals surface area contributed by atoms with E-state index >= 15 is 0 Å². The molecule has 0 saturated carbocycles. The fourth-order valence-electron chi connectivity index (χ4n) is 6.91. The van der Waals surface area contributed by atoms with Crippen LogP contribution in [0, 0.1) is 11.8 Å². The Balaban J connectivity index is 4.46. The summed E-state index contributed by atoms with van der Waals surface area (Å²) >= 11 is 0. The maximum absolute atomic E-state index is 12.9. The Hall–Kier alpha value is -2.78. The lowest BCUT2D eigenvalue weighted by Gasteiger charge is -2.19. The standard InChI is InChI=1S/C46H87N3O7/c1-6-10-14-17-20-25-32-41(31-24-16-12-8-3)45(52)54-36-26-21-18-19-22-27-37-56-46(53)42(34-35-48-39(5)47)49-43(50)33-28-38-55-44(51)40(29-13-9-4)30-23-15-11-7-2/h40-42,48H,5-38,47H2,1-4H3,(H,49,50). The van der Waals surface area contributed by atoms with Crippen molar-refractivity contribution < 1.29 is 33.4 Å². The highest BCUT2D eigenvalue weighted by Crippen LogP contribution is 2.21. The van der Waals surface area contributed by atoms with Gasteiger partial charge in [0.1, 0.15) is 6.04 Å². The Labute approximate surface area is 343 Å². The summed E-state index contributed by atoms with van der Waals surface area (Å²) in [6, 6.07) is -0.817. The zero-order chi connectivity index (χ0) is 41.5. The minimum absolute atomic E-state index is 0.00438. The maximum Gasteiger partial charge on any atom is 0.328 e. The molecule has 0 spiro atoms. The van der Waals surface area contributed by atoms with Gasteiger partial charge in [0, 0.05) is 13.0 Å². The van der Waals surface area contributed by atoms with E-state index in [1.807, 2.05) is 0 Å². The number of esters is 3. The van der Waals surface area contributed by atoms with Gasteiger partial charge in [-0.05, 0) is 51.4 Å². The van der Waals surface area contributed by atoms with E-state index in [1.54, 1.807) is 0 Å². The SMILES string of the molecule is C=C(N)NCCC(NC(=O)CCCOC(=O)C(CCCC)CCCCCC)C(=O)OCCCCCCCCOC(=O)C(CCCCCC)CCCCCCCC. The van der Waals surface area contributed by atoms with Crippen molar-refractivity contribution in [3.63, 3.8) is 0 Å². The lowest BCUT2D eigenvalue weighted by Crippen LogP contribution is -2.43. The van der Waals surface area contributed by atoms with Crippen molar-refractivity contribution in [3.8, 4) is 0 Å². The average molecular weight is 794 g/mol. The van der Waals surface area contributed by atoms with E-state index in [0.29, 0.717) is 26.0 Å². The van der Waals surface area contributed by atoms with E-state index in [4.69, 9.17) is 19.9 Å². The first-order valence-electron chi connectivity index (χ1n) is 23.2. The molecule has 0 aliphatic rings. The van der Waals surface area contributed by atoms with Crippen molar-refractivity contribution >= 4 is 23.8 Å². The van der Waals surface area contributed by atoms with Gasteiger partial charge in [-0.2, -0.15) is 0 Å². The number of hydrogen-bond acceptors (Lipinski definition) is 9. The summed E-state index contributed by atoms with van der Waals surface area (Å²) in [5, 5.41) is 5.70. The van der Waals surface area contributed by atoms with Crippen molar-refractivity contribution in [1.29, 1.82) is 0 Å². The molecule has 0 aromatic heterocycles. The Bertz CT molecular complexity index is 992. The average Bonchev–Trinajstić information content (AvgIpc) is 3.18. The zero-order valence-corrected chi connectivity index (χ0v) is 36.7. The van der Waals surface area contributed by atoms with Gasteiger partial charge < -0.3 is 30.6 Å². The molecule has 0 rings (SSSR count). The molecule has 0 heterocycles. The molecule has 10 heteroatoms. The highest BCUT2D eigenvalue weighted by atomic mass is 16.5. The van der Waals surface area contributed by atoms with Crippen LogP contribution in [0.4, 0.5) is 0 Å². The molecule has 0 radical (unpaired) electrons. The van der Waals surface area contributed by atoms with E-state index in [9.17, 15) is 19.2 Å². The van der Waals surface area contributed by atoms with Crippen molar-refractivity contribution in [2.45, 2.75) is 220 Å². The first-order valence-corrected chi connectivity index (χ1v) is 23.2. The highest BCUT2D eigenvalue weighted by Gasteiger charge is 2.23. The zero-order valence-electron chi connectivity index (χ0n) is 36.7. The minimum atomic E-state index is -0.817. The Morgan fingerprint density at radius 1 is 0.482 bits per heavy atom. The third-order valence-electron chi connectivity index (χ3n) is 10.5. The van der Waals surface area contributed by atoms with Gasteiger partial charge in [0.15, 0.2) is 0 Å². The van der Waals surface area contributed by atoms with Crippen LogP contribution in [0.5, 0.6) is 0 Å². The lowest BCUT2D eigenvalue weighted by atomic mass is 9.94. The van der Waals surface area contributed by atoms with Crippen molar-refractivity contribution in [2.24, 2.45) is 17.6 Å². The molecule has 3 atom stereocenters. The third-order valence-corrected chi connectivity index (χ3v) is 10.5. The third kappa shape index (κ3) is 32.3. The highest BCUT2D eigenvalue weighted by molar-refractivity contribution is 5.84. The van der Waals surface area contributed by atoms with E-state index in [0.717, 1.165) is 109 Å². The summed E-state index contributed by atoms with van der Waals surface area (Å²) < 4.78 is 16.8. The normalized spacial score (nSPS) is 12.7. The second-order valence-electron chi connectivity index (χ2n) is 15.9. The molecule has 4 N–H and O–H groups in total. The quantitative estimate of drug-likeness (QED) is 0.0313. The fourth-order valence-corrected chi connectivity index (χ4v) is 6.91. The second kappa shape index (κ2) is 39.1. The van der Waals surface area contributed by atoms with E-state index in [-0.39, 0.29) is 55.1 Å². The number of ether oxygens (including phenoxy) is 3. The van der Waals surface area contributed by atoms with Gasteiger partial charge in [0.2, 0.25) is 5.91 Å². The van der Waals surface area contributed by atoms with Crippen molar-refractivity contribution in [2.75, 3.05) is 26.4 Å². The lowest BCUT2D eigenvalue weighted by molar-refractivity contribution is -0.150. The Morgan fingerprint density at radius 3 is 1.32 bits per heavy atom. The van der Waals surface area contributed by atoms with Crippen LogP contribution in [-0.4, -0.2) is 56.2 Å². The topological polar surface area (TPSA) is 146 Å². The number of hydrogen-bond donors (Lipinski definition) is 3. The van der Waals surface area contributed by atoms with E-state index in [1.165, 1.54) is 57.8 Å². The molecule has 0 aromatic rings. The number of carbonyl (C=O) groups excluding carboxylic acids is 4. The van der Waals surface area contributed by atoms with Gasteiger partial charge in [-0.15, -0.1) is 0 Å². The van der Waals surface area contributed by atoms with Crippen LogP contribution in [0.3, 0.4) is 0 Å². The first kappa shape index (κ1) is 53.2. The van der Waals surface area contributed by atoms with Gasteiger partial charge in [-0.25, -0.2) is 4.79 Å². The van der Waals surface area contributed by atoms with Gasteiger partial charge in [-0.1, -0.05) is 163 Å². The van der Waals surface area contributed by atoms with Crippen LogP contribution in [0.1, 0.15) is 214 Å². The molecule has 0 fully saturated rings. The van der Waals surface area contributed by atoms with Crippen LogP contribution in [-0.2, 0) is 33.4 Å². The molecular weight excluding hydrogens is 707 g/mol. The Kier molecular flexibility index (Phi) is 37.1. The summed E-state index contributed by atoms with van der Waals surface area (Å²) in [5.41, 5.74) is 5.62. The second-order valence-corrected chi connectivity index (χ2v) is 15.9. The van der Waals surface area contributed by atoms with Crippen LogP contribution >= 0.6 is 0 Å². The smallest absolute Gasteiger partial charge is 0.328 e. The number of rotatable bonds is 41. The number of nitrogens with one attached hydrogen (secondary N) is 2. The molecule has 3 unspecified atom stereocenters. The molecule has 56 heavy (non-hydrogen) atoms. The van der Waals surface area contributed by atoms with Crippen LogP contribution < -0.4 is 16.4 Å². The maximum atomic E-state index is 12.9. The predicted octanol–water partition coefficient (Wildman–Crippen LogP) is 10.7. The van der Waals surface area contributed by atoms with Crippen molar-refractivity contribution in [1.82, 2.24) is 10.6 Å². The van der Waals surface area contributed by atoms with Crippen LogP contribution in [0.2, 0.25) is 0 Å². The summed E-state index contributed by atoms with van der Waals surface area (Å²) in [6.45, 7) is 13.7. The first-order chi connectivity index (χ1) is 27.2. The molecule has 328 valence electrons. The summed E-state index contributed by atoms with van der Waals surface area (Å²) in [4.78, 5) is 51.3. The molecule has 0 saturated heterocycles.